The van der Waals surface area contributed by atoms with Gasteiger partial charge in [-0.2, -0.15) is 0 Å². The van der Waals surface area contributed by atoms with E-state index in [9.17, 15) is 4.79 Å². The summed E-state index contributed by atoms with van der Waals surface area (Å²) in [5, 5.41) is 7.80. The van der Waals surface area contributed by atoms with Crippen LogP contribution in [-0.4, -0.2) is 48.1 Å². The Morgan fingerprint density at radius 3 is 2.62 bits per heavy atom. The number of rotatable bonds is 3. The van der Waals surface area contributed by atoms with E-state index in [0.29, 0.717) is 11.9 Å². The zero-order valence-corrected chi connectivity index (χ0v) is 9.82. The molecule has 3 fully saturated rings. The summed E-state index contributed by atoms with van der Waals surface area (Å²) in [6.45, 7) is 4.36. The zero-order valence-electron chi connectivity index (χ0n) is 9.82. The number of carbonyl (C=O) groups excluding carboxylic acids is 1. The third-order valence-corrected chi connectivity index (χ3v) is 3.96. The van der Waals surface area contributed by atoms with Crippen LogP contribution in [0.4, 0.5) is 0 Å². The van der Waals surface area contributed by atoms with Crippen molar-refractivity contribution in [3.63, 3.8) is 0 Å². The van der Waals surface area contributed by atoms with Gasteiger partial charge in [-0.25, -0.2) is 5.01 Å². The van der Waals surface area contributed by atoms with Gasteiger partial charge in [0.1, 0.15) is 0 Å². The molecular weight excluding hydrogens is 202 g/mol. The lowest BCUT2D eigenvalue weighted by Crippen LogP contribution is -2.44. The lowest BCUT2D eigenvalue weighted by Gasteiger charge is -2.33. The number of carbonyl (C=O) groups is 1. The van der Waals surface area contributed by atoms with Crippen LogP contribution in [0.3, 0.4) is 0 Å². The second-order valence-corrected chi connectivity index (χ2v) is 5.33. The van der Waals surface area contributed by atoms with E-state index in [4.69, 9.17) is 0 Å². The third-order valence-electron chi connectivity index (χ3n) is 3.96. The lowest BCUT2D eigenvalue weighted by atomic mass is 9.98. The maximum absolute atomic E-state index is 11.8. The number of hydrogen-bond acceptors (Lipinski definition) is 3. The van der Waals surface area contributed by atoms with Gasteiger partial charge in [-0.15, -0.1) is 0 Å². The van der Waals surface area contributed by atoms with Gasteiger partial charge in [0.2, 0.25) is 5.91 Å². The van der Waals surface area contributed by atoms with Crippen LogP contribution in [0.1, 0.15) is 32.1 Å². The summed E-state index contributed by atoms with van der Waals surface area (Å²) in [6.07, 6.45) is 5.71. The maximum Gasteiger partial charge on any atom is 0.238 e. The first kappa shape index (κ1) is 10.5. The van der Waals surface area contributed by atoms with Crippen molar-refractivity contribution in [1.29, 1.82) is 0 Å². The molecule has 1 N–H and O–H groups in total. The van der Waals surface area contributed by atoms with E-state index in [-0.39, 0.29) is 0 Å². The fourth-order valence-corrected chi connectivity index (χ4v) is 2.90. The highest BCUT2D eigenvalue weighted by molar-refractivity contribution is 5.78. The average Bonchev–Trinajstić information content (AvgIpc) is 3.07. The molecule has 0 unspecified atom stereocenters. The van der Waals surface area contributed by atoms with Crippen molar-refractivity contribution < 1.29 is 4.79 Å². The van der Waals surface area contributed by atoms with E-state index >= 15 is 0 Å². The molecule has 4 heteroatoms. The number of hydrazine groups is 1. The van der Waals surface area contributed by atoms with Crippen LogP contribution in [-0.2, 0) is 4.79 Å². The van der Waals surface area contributed by atoms with Gasteiger partial charge < -0.3 is 5.32 Å². The Morgan fingerprint density at radius 1 is 1.19 bits per heavy atom. The molecule has 1 saturated carbocycles. The highest BCUT2D eigenvalue weighted by Gasteiger charge is 2.40. The van der Waals surface area contributed by atoms with Gasteiger partial charge in [0.05, 0.1) is 0 Å². The number of piperidine rings is 1. The van der Waals surface area contributed by atoms with E-state index < -0.39 is 0 Å². The van der Waals surface area contributed by atoms with Crippen LogP contribution in [0.5, 0.6) is 0 Å². The molecule has 1 amide bonds. The normalized spacial score (nSPS) is 29.0. The number of amides is 1. The first-order valence-corrected chi connectivity index (χ1v) is 6.62. The van der Waals surface area contributed by atoms with Gasteiger partial charge >= 0.3 is 0 Å². The van der Waals surface area contributed by atoms with E-state index in [1.165, 1.54) is 25.7 Å². The minimum Gasteiger partial charge on any atom is -0.317 e. The largest absolute Gasteiger partial charge is 0.317 e. The van der Waals surface area contributed by atoms with Crippen molar-refractivity contribution in [1.82, 2.24) is 15.3 Å². The van der Waals surface area contributed by atoms with Gasteiger partial charge in [0.25, 0.3) is 0 Å². The van der Waals surface area contributed by atoms with Crippen molar-refractivity contribution in [3.8, 4) is 0 Å². The Labute approximate surface area is 96.9 Å². The summed E-state index contributed by atoms with van der Waals surface area (Å²) in [5.41, 5.74) is 0. The third kappa shape index (κ3) is 2.09. The van der Waals surface area contributed by atoms with Crippen molar-refractivity contribution >= 4 is 5.91 Å². The molecular formula is C12H21N3O. The second kappa shape index (κ2) is 4.34. The van der Waals surface area contributed by atoms with Crippen molar-refractivity contribution in [2.24, 2.45) is 5.92 Å². The van der Waals surface area contributed by atoms with Gasteiger partial charge in [-0.1, -0.05) is 0 Å². The summed E-state index contributed by atoms with van der Waals surface area (Å²) in [5.74, 6) is 1.14. The summed E-state index contributed by atoms with van der Waals surface area (Å²) in [7, 11) is 0. The van der Waals surface area contributed by atoms with Crippen molar-refractivity contribution in [3.05, 3.63) is 0 Å². The number of nitrogens with zero attached hydrogens (tertiary/aromatic N) is 2. The summed E-state index contributed by atoms with van der Waals surface area (Å²) in [6, 6.07) is 0.553. The molecule has 0 spiro atoms. The second-order valence-electron chi connectivity index (χ2n) is 5.33. The van der Waals surface area contributed by atoms with E-state index in [0.717, 1.165) is 38.5 Å². The minimum absolute atomic E-state index is 0.358. The van der Waals surface area contributed by atoms with Crippen LogP contribution in [0.25, 0.3) is 0 Å². The van der Waals surface area contributed by atoms with E-state index in [1.54, 1.807) is 0 Å². The Hall–Kier alpha value is -0.610. The Balaban J connectivity index is 1.58. The topological polar surface area (TPSA) is 35.6 Å². The molecule has 0 aromatic rings. The molecule has 3 rings (SSSR count). The summed E-state index contributed by atoms with van der Waals surface area (Å²) in [4.78, 5) is 11.8. The molecule has 0 bridgehead atoms. The molecule has 2 aliphatic heterocycles. The number of nitrogens with one attached hydrogen (secondary N) is 1. The predicted octanol–water partition coefficient (Wildman–Crippen LogP) is 0.598. The van der Waals surface area contributed by atoms with Crippen molar-refractivity contribution in [2.75, 3.05) is 26.2 Å². The lowest BCUT2D eigenvalue weighted by molar-refractivity contribution is -0.139. The molecule has 0 atom stereocenters. The van der Waals surface area contributed by atoms with Crippen LogP contribution in [0.15, 0.2) is 0 Å². The fourth-order valence-electron chi connectivity index (χ4n) is 2.90. The predicted molar refractivity (Wildman–Crippen MR) is 61.7 cm³/mol. The molecule has 90 valence electrons. The van der Waals surface area contributed by atoms with Crippen LogP contribution >= 0.6 is 0 Å². The average molecular weight is 223 g/mol. The standard InChI is InChI=1S/C12H21N3O/c16-12-5-8-14(15(12)11-1-2-11)9-10-3-6-13-7-4-10/h10-11,13H,1-9H2. The fraction of sp³-hybridized carbons (Fsp3) is 0.917. The maximum atomic E-state index is 11.8. The van der Waals surface area contributed by atoms with Gasteiger partial charge in [-0.3, -0.25) is 9.80 Å². The molecule has 16 heavy (non-hydrogen) atoms. The zero-order chi connectivity index (χ0) is 11.0. The molecule has 4 nitrogen and oxygen atoms in total. The molecule has 0 aromatic carbocycles. The molecule has 3 aliphatic rings. The van der Waals surface area contributed by atoms with Gasteiger partial charge in [0, 0.05) is 25.6 Å². The Morgan fingerprint density at radius 2 is 1.94 bits per heavy atom. The Bertz CT molecular complexity index is 271. The highest BCUT2D eigenvalue weighted by Crippen LogP contribution is 2.32. The Kier molecular flexibility index (Phi) is 2.86. The summed E-state index contributed by atoms with van der Waals surface area (Å²) < 4.78 is 0. The molecule has 0 radical (unpaired) electrons. The van der Waals surface area contributed by atoms with E-state index in [2.05, 4.69) is 15.3 Å². The van der Waals surface area contributed by atoms with Crippen molar-refractivity contribution in [2.45, 2.75) is 38.1 Å². The van der Waals surface area contributed by atoms with Gasteiger partial charge in [-0.05, 0) is 44.7 Å². The first-order chi connectivity index (χ1) is 7.84. The monoisotopic (exact) mass is 223 g/mol. The van der Waals surface area contributed by atoms with Crippen LogP contribution in [0, 0.1) is 5.92 Å². The molecule has 0 aromatic heterocycles. The van der Waals surface area contributed by atoms with Crippen LogP contribution < -0.4 is 5.32 Å². The minimum atomic E-state index is 0.358. The SMILES string of the molecule is O=C1CCN(CC2CCNCC2)N1C1CC1. The molecule has 2 heterocycles. The highest BCUT2D eigenvalue weighted by atomic mass is 16.2. The van der Waals surface area contributed by atoms with Gasteiger partial charge in [0.15, 0.2) is 0 Å². The molecule has 2 saturated heterocycles. The first-order valence-electron chi connectivity index (χ1n) is 6.62. The smallest absolute Gasteiger partial charge is 0.238 e. The molecule has 1 aliphatic carbocycles. The summed E-state index contributed by atoms with van der Waals surface area (Å²) >= 11 is 0. The number of hydrogen-bond donors (Lipinski definition) is 1. The van der Waals surface area contributed by atoms with Crippen LogP contribution in [0.2, 0.25) is 0 Å². The van der Waals surface area contributed by atoms with E-state index in [1.807, 2.05) is 0 Å². The quantitative estimate of drug-likeness (QED) is 0.761.